The van der Waals surface area contributed by atoms with Gasteiger partial charge in [0.15, 0.2) is 7.85 Å². The zero-order valence-electron chi connectivity index (χ0n) is 25.8. The lowest BCUT2D eigenvalue weighted by atomic mass is 9.80. The summed E-state index contributed by atoms with van der Waals surface area (Å²) < 4.78 is 40.8. The lowest BCUT2D eigenvalue weighted by molar-refractivity contribution is -0.123. The highest BCUT2D eigenvalue weighted by Gasteiger charge is 2.46. The van der Waals surface area contributed by atoms with E-state index in [0.717, 1.165) is 6.07 Å². The van der Waals surface area contributed by atoms with Crippen LogP contribution < -0.4 is 26.1 Å². The summed E-state index contributed by atoms with van der Waals surface area (Å²) in [5.74, 6) is -2.96. The number of nitrogens with two attached hydrogens (primary N) is 1. The monoisotopic (exact) mass is 690 g/mol. The number of fused-ring (bicyclic) bond motifs is 2. The maximum Gasteiger partial charge on any atom is 0.251 e. The standard InChI is InChI=1S/C34H27BCl2F2N4O5/c1-33(32(40)45)15-48-29-20(33)12-26(42-28(29)19-11-21(36)24(39)13-23(19)38)34(46,18-6-4-3-5-7-18)14-41-31(44)17-8-16-9-22(37)30(35)43-27(16)25(10-17)47-2/h3-13,46H,14-15,35H2,1-2H3,(H2,40,45)(H,41,44)/t33-,34+/m0/s1. The Balaban J connectivity index is 1.49. The topological polar surface area (TPSA) is 137 Å². The Bertz CT molecular complexity index is 2140. The predicted octanol–water partition coefficient (Wildman–Crippen LogP) is 3.95. The molecule has 2 amide bonds. The average Bonchev–Trinajstić information content (AvgIpc) is 3.43. The van der Waals surface area contributed by atoms with Crippen molar-refractivity contribution in [3.63, 3.8) is 0 Å². The van der Waals surface area contributed by atoms with Crippen molar-refractivity contribution in [2.24, 2.45) is 5.73 Å². The summed E-state index contributed by atoms with van der Waals surface area (Å²) in [4.78, 5) is 35.5. The number of aliphatic hydroxyl groups is 1. The second-order valence-electron chi connectivity index (χ2n) is 11.7. The van der Waals surface area contributed by atoms with Gasteiger partial charge in [-0.1, -0.05) is 53.5 Å². The van der Waals surface area contributed by atoms with Gasteiger partial charge in [-0.05, 0) is 42.8 Å². The Kier molecular flexibility index (Phi) is 8.53. The first-order chi connectivity index (χ1) is 22.8. The molecule has 3 aromatic carbocycles. The SMILES string of the molecule is Bc1nc2c(OC)cc(C(=O)NC[C@@](O)(c3ccccc3)c3cc4c(c(-c5cc(Cl)c(F)cc5F)n3)OC[C@]4(C)C(N)=O)cc2cc1Cl. The summed E-state index contributed by atoms with van der Waals surface area (Å²) in [6.07, 6.45) is 0. The van der Waals surface area contributed by atoms with E-state index in [1.807, 2.05) is 0 Å². The van der Waals surface area contributed by atoms with Crippen molar-refractivity contribution in [2.75, 3.05) is 20.3 Å². The molecule has 2 atom stereocenters. The third-order valence-corrected chi connectivity index (χ3v) is 9.23. The van der Waals surface area contributed by atoms with Crippen molar-refractivity contribution in [2.45, 2.75) is 17.9 Å². The highest BCUT2D eigenvalue weighted by molar-refractivity contribution is 6.44. The van der Waals surface area contributed by atoms with Crippen molar-refractivity contribution in [3.8, 4) is 22.8 Å². The van der Waals surface area contributed by atoms with Crippen LogP contribution in [0.3, 0.4) is 0 Å². The number of hydrogen-bond donors (Lipinski definition) is 3. The van der Waals surface area contributed by atoms with Crippen molar-refractivity contribution >= 4 is 59.4 Å². The van der Waals surface area contributed by atoms with E-state index in [4.69, 9.17) is 38.4 Å². The van der Waals surface area contributed by atoms with Gasteiger partial charge in [-0.15, -0.1) is 0 Å². The van der Waals surface area contributed by atoms with Crippen LogP contribution in [0, 0.1) is 11.6 Å². The summed E-state index contributed by atoms with van der Waals surface area (Å²) in [5, 5.41) is 15.9. The van der Waals surface area contributed by atoms with Gasteiger partial charge in [-0.25, -0.2) is 13.8 Å². The molecule has 0 radical (unpaired) electrons. The first-order valence-corrected chi connectivity index (χ1v) is 15.4. The molecule has 0 aliphatic carbocycles. The summed E-state index contributed by atoms with van der Waals surface area (Å²) in [5.41, 5.74) is 3.69. The van der Waals surface area contributed by atoms with E-state index in [2.05, 4.69) is 15.3 Å². The first kappa shape index (κ1) is 33.1. The number of rotatable bonds is 8. The molecule has 14 heteroatoms. The van der Waals surface area contributed by atoms with Gasteiger partial charge in [-0.2, -0.15) is 0 Å². The number of hydrogen-bond acceptors (Lipinski definition) is 7. The molecule has 0 unspecified atom stereocenters. The molecular formula is C34H27BCl2F2N4O5. The molecule has 0 saturated heterocycles. The molecule has 1 aliphatic heterocycles. The minimum Gasteiger partial charge on any atom is -0.494 e. The van der Waals surface area contributed by atoms with Crippen LogP contribution in [0.5, 0.6) is 11.5 Å². The minimum absolute atomic E-state index is 0.0202. The van der Waals surface area contributed by atoms with Gasteiger partial charge < -0.3 is 25.6 Å². The molecule has 1 aliphatic rings. The van der Waals surface area contributed by atoms with Crippen molar-refractivity contribution in [1.82, 2.24) is 15.3 Å². The van der Waals surface area contributed by atoms with Crippen LogP contribution in [0.15, 0.2) is 66.7 Å². The first-order valence-electron chi connectivity index (χ1n) is 14.6. The highest BCUT2D eigenvalue weighted by Crippen LogP contribution is 2.47. The summed E-state index contributed by atoms with van der Waals surface area (Å²) in [6, 6.07) is 16.2. The van der Waals surface area contributed by atoms with E-state index in [1.54, 1.807) is 57.2 Å². The molecule has 0 fully saturated rings. The number of methoxy groups -OCH3 is 1. The number of pyridine rings is 2. The number of ether oxygens (including phenoxy) is 2. The van der Waals surface area contributed by atoms with Gasteiger partial charge in [0.1, 0.15) is 52.0 Å². The molecule has 0 bridgehead atoms. The second kappa shape index (κ2) is 12.4. The van der Waals surface area contributed by atoms with Crippen LogP contribution >= 0.6 is 23.2 Å². The van der Waals surface area contributed by atoms with E-state index < -0.39 is 41.0 Å². The third kappa shape index (κ3) is 5.59. The van der Waals surface area contributed by atoms with Crippen LogP contribution in [0.25, 0.3) is 22.2 Å². The summed E-state index contributed by atoms with van der Waals surface area (Å²) >= 11 is 12.3. The molecule has 3 heterocycles. The number of aromatic nitrogens is 2. The average molecular weight is 691 g/mol. The van der Waals surface area contributed by atoms with E-state index in [1.165, 1.54) is 19.2 Å². The Morgan fingerprint density at radius 1 is 1.08 bits per heavy atom. The van der Waals surface area contributed by atoms with Crippen molar-refractivity contribution in [1.29, 1.82) is 0 Å². The Labute approximate surface area is 284 Å². The number of benzene rings is 3. The minimum atomic E-state index is -2.06. The largest absolute Gasteiger partial charge is 0.494 e. The molecule has 244 valence electrons. The van der Waals surface area contributed by atoms with Gasteiger partial charge in [-0.3, -0.25) is 14.6 Å². The fourth-order valence-electron chi connectivity index (χ4n) is 5.66. The van der Waals surface area contributed by atoms with Gasteiger partial charge in [0.05, 0.1) is 29.4 Å². The smallest absolute Gasteiger partial charge is 0.251 e. The number of nitrogens with zero attached hydrogens (tertiary/aromatic N) is 2. The maximum atomic E-state index is 15.3. The lowest BCUT2D eigenvalue weighted by Crippen LogP contribution is -2.43. The molecule has 0 spiro atoms. The number of nitrogens with one attached hydrogen (secondary N) is 1. The molecular weight excluding hydrogens is 664 g/mol. The lowest BCUT2D eigenvalue weighted by Gasteiger charge is -2.30. The van der Waals surface area contributed by atoms with Gasteiger partial charge in [0.2, 0.25) is 5.91 Å². The third-order valence-electron chi connectivity index (χ3n) is 8.56. The van der Waals surface area contributed by atoms with Crippen LogP contribution in [0.1, 0.15) is 34.1 Å². The highest BCUT2D eigenvalue weighted by atomic mass is 35.5. The van der Waals surface area contributed by atoms with E-state index >= 15 is 4.39 Å². The molecule has 4 N–H and O–H groups in total. The van der Waals surface area contributed by atoms with E-state index in [-0.39, 0.29) is 45.5 Å². The summed E-state index contributed by atoms with van der Waals surface area (Å²) in [7, 11) is 3.20. The molecule has 48 heavy (non-hydrogen) atoms. The van der Waals surface area contributed by atoms with Crippen molar-refractivity contribution in [3.05, 3.63) is 111 Å². The Morgan fingerprint density at radius 3 is 2.50 bits per heavy atom. The van der Waals surface area contributed by atoms with E-state index in [9.17, 15) is 19.1 Å². The number of amides is 2. The van der Waals surface area contributed by atoms with Crippen LogP contribution in [0.4, 0.5) is 8.78 Å². The molecule has 6 rings (SSSR count). The molecule has 9 nitrogen and oxygen atoms in total. The predicted molar refractivity (Wildman–Crippen MR) is 180 cm³/mol. The zero-order valence-corrected chi connectivity index (χ0v) is 27.3. The van der Waals surface area contributed by atoms with E-state index in [0.29, 0.717) is 38.9 Å². The fourth-order valence-corrected chi connectivity index (χ4v) is 5.98. The maximum absolute atomic E-state index is 15.3. The van der Waals surface area contributed by atoms with Crippen LogP contribution in [0.2, 0.25) is 10.0 Å². The van der Waals surface area contributed by atoms with Gasteiger partial charge in [0, 0.05) is 33.7 Å². The second-order valence-corrected chi connectivity index (χ2v) is 12.5. The fraction of sp³-hybridized carbons (Fsp3) is 0.176. The van der Waals surface area contributed by atoms with Crippen molar-refractivity contribution < 1.29 is 33.0 Å². The zero-order chi connectivity index (χ0) is 34.5. The number of carbonyl (C=O) groups excluding carboxylic acids is 2. The Hall–Kier alpha value is -4.78. The molecule has 0 saturated carbocycles. The summed E-state index contributed by atoms with van der Waals surface area (Å²) in [6.45, 7) is 0.909. The number of primary amides is 1. The number of halogens is 4. The van der Waals surface area contributed by atoms with Gasteiger partial charge >= 0.3 is 0 Å². The molecule has 5 aromatic rings. The van der Waals surface area contributed by atoms with Crippen LogP contribution in [-0.4, -0.2) is 55.0 Å². The molecule has 2 aromatic heterocycles. The number of carbonyl (C=O) groups is 2. The normalized spacial score (nSPS) is 16.6. The van der Waals surface area contributed by atoms with Crippen LogP contribution in [-0.2, 0) is 15.8 Å². The Morgan fingerprint density at radius 2 is 1.81 bits per heavy atom. The quantitative estimate of drug-likeness (QED) is 0.166. The van der Waals surface area contributed by atoms with Gasteiger partial charge in [0.25, 0.3) is 5.91 Å².